The molecule has 12 heavy (non-hydrogen) atoms. The van der Waals surface area contributed by atoms with Crippen LogP contribution in [0.1, 0.15) is 0 Å². The maximum atomic E-state index is 5.58. The summed E-state index contributed by atoms with van der Waals surface area (Å²) in [7, 11) is 1.56. The van der Waals surface area contributed by atoms with Crippen molar-refractivity contribution in [2.45, 2.75) is 0 Å². The van der Waals surface area contributed by atoms with E-state index in [1.54, 1.807) is 25.4 Å². The minimum atomic E-state index is 0.504. The minimum Gasteiger partial charge on any atom is -0.480 e. The number of rotatable bonds is 1. The molecule has 2 aromatic rings. The first-order valence-electron chi connectivity index (χ1n) is 3.45. The van der Waals surface area contributed by atoms with E-state index in [1.165, 1.54) is 4.52 Å². The van der Waals surface area contributed by atoms with Crippen LogP contribution >= 0.6 is 0 Å². The van der Waals surface area contributed by atoms with E-state index >= 15 is 0 Å². The zero-order chi connectivity index (χ0) is 8.55. The van der Waals surface area contributed by atoms with Gasteiger partial charge in [-0.15, -0.1) is 5.10 Å². The van der Waals surface area contributed by atoms with Gasteiger partial charge in [-0.1, -0.05) is 0 Å². The largest absolute Gasteiger partial charge is 0.480 e. The average Bonchev–Trinajstić information content (AvgIpc) is 2.47. The van der Waals surface area contributed by atoms with Crippen LogP contribution in [0.4, 0.5) is 5.82 Å². The number of nitrogens with zero attached hydrogens (tertiary/aromatic N) is 3. The molecule has 5 heteroatoms. The van der Waals surface area contributed by atoms with Crippen molar-refractivity contribution in [3.8, 4) is 5.88 Å². The van der Waals surface area contributed by atoms with Gasteiger partial charge in [0.2, 0.25) is 5.88 Å². The van der Waals surface area contributed by atoms with Crippen LogP contribution in [0.15, 0.2) is 18.3 Å². The fourth-order valence-electron chi connectivity index (χ4n) is 0.983. The number of nitrogens with two attached hydrogens (primary N) is 1. The summed E-state index contributed by atoms with van der Waals surface area (Å²) in [6.45, 7) is 0. The van der Waals surface area contributed by atoms with Crippen LogP contribution in [-0.4, -0.2) is 21.7 Å². The number of aromatic nitrogens is 3. The van der Waals surface area contributed by atoms with Crippen molar-refractivity contribution >= 4 is 11.5 Å². The maximum Gasteiger partial charge on any atom is 0.231 e. The summed E-state index contributed by atoms with van der Waals surface area (Å²) in [4.78, 5) is 4.01. The van der Waals surface area contributed by atoms with Crippen LogP contribution in [0.5, 0.6) is 5.88 Å². The molecule has 0 fully saturated rings. The van der Waals surface area contributed by atoms with Crippen LogP contribution in [0, 0.1) is 0 Å². The third-order valence-corrected chi connectivity index (χ3v) is 1.57. The first kappa shape index (κ1) is 6.90. The van der Waals surface area contributed by atoms with Crippen molar-refractivity contribution in [2.24, 2.45) is 0 Å². The molecule has 0 unspecified atom stereocenters. The van der Waals surface area contributed by atoms with E-state index in [0.29, 0.717) is 17.3 Å². The second kappa shape index (κ2) is 2.37. The van der Waals surface area contributed by atoms with E-state index in [2.05, 4.69) is 10.1 Å². The number of hydrogen-bond acceptors (Lipinski definition) is 4. The fourth-order valence-corrected chi connectivity index (χ4v) is 0.983. The Hall–Kier alpha value is -1.78. The van der Waals surface area contributed by atoms with Gasteiger partial charge in [0.05, 0.1) is 13.3 Å². The lowest BCUT2D eigenvalue weighted by atomic mass is 10.5. The van der Waals surface area contributed by atoms with Crippen molar-refractivity contribution in [2.75, 3.05) is 12.8 Å². The second-order valence-electron chi connectivity index (χ2n) is 2.33. The van der Waals surface area contributed by atoms with Gasteiger partial charge in [0, 0.05) is 6.07 Å². The highest BCUT2D eigenvalue weighted by Gasteiger charge is 2.01. The van der Waals surface area contributed by atoms with Crippen LogP contribution in [0.25, 0.3) is 5.65 Å². The first-order chi connectivity index (χ1) is 5.81. The molecule has 0 aliphatic rings. The summed E-state index contributed by atoms with van der Waals surface area (Å²) in [6.07, 6.45) is 1.56. The summed E-state index contributed by atoms with van der Waals surface area (Å²) < 4.78 is 6.46. The molecule has 62 valence electrons. The van der Waals surface area contributed by atoms with Gasteiger partial charge in [-0.25, -0.2) is 4.98 Å². The number of anilines is 1. The zero-order valence-corrected chi connectivity index (χ0v) is 6.56. The molecule has 5 nitrogen and oxygen atoms in total. The quantitative estimate of drug-likeness (QED) is 0.659. The zero-order valence-electron chi connectivity index (χ0n) is 6.56. The van der Waals surface area contributed by atoms with Gasteiger partial charge in [-0.2, -0.15) is 4.52 Å². The molecule has 2 aromatic heterocycles. The Balaban J connectivity index is 2.71. The predicted molar refractivity (Wildman–Crippen MR) is 44.0 cm³/mol. The monoisotopic (exact) mass is 164 g/mol. The van der Waals surface area contributed by atoms with Crippen molar-refractivity contribution in [1.82, 2.24) is 14.6 Å². The molecule has 0 aromatic carbocycles. The molecule has 2 heterocycles. The molecule has 0 radical (unpaired) electrons. The number of hydrogen-bond donors (Lipinski definition) is 1. The Labute approximate surface area is 68.8 Å². The average molecular weight is 164 g/mol. The molecule has 0 saturated carbocycles. The van der Waals surface area contributed by atoms with E-state index in [0.717, 1.165) is 0 Å². The molecule has 0 aliphatic carbocycles. The van der Waals surface area contributed by atoms with Crippen LogP contribution in [0.3, 0.4) is 0 Å². The molecule has 2 N–H and O–H groups in total. The summed E-state index contributed by atoms with van der Waals surface area (Å²) in [6, 6.07) is 3.53. The summed E-state index contributed by atoms with van der Waals surface area (Å²) >= 11 is 0. The lowest BCUT2D eigenvalue weighted by molar-refractivity contribution is 0.390. The van der Waals surface area contributed by atoms with Crippen molar-refractivity contribution < 1.29 is 4.74 Å². The predicted octanol–water partition coefficient (Wildman–Crippen LogP) is 0.320. The lowest BCUT2D eigenvalue weighted by Gasteiger charge is -1.98. The Kier molecular flexibility index (Phi) is 1.36. The normalized spacial score (nSPS) is 10.4. The maximum absolute atomic E-state index is 5.58. The van der Waals surface area contributed by atoms with E-state index in [9.17, 15) is 0 Å². The topological polar surface area (TPSA) is 65.4 Å². The first-order valence-corrected chi connectivity index (χ1v) is 3.45. The van der Waals surface area contributed by atoms with Gasteiger partial charge in [0.1, 0.15) is 5.82 Å². The molecular formula is C7H8N4O. The van der Waals surface area contributed by atoms with Gasteiger partial charge in [0.15, 0.2) is 5.65 Å². The number of methoxy groups -OCH3 is 1. The summed E-state index contributed by atoms with van der Waals surface area (Å²) in [5, 5.41) is 4.06. The number of ether oxygens (including phenoxy) is 1. The van der Waals surface area contributed by atoms with Crippen molar-refractivity contribution in [3.63, 3.8) is 0 Å². The van der Waals surface area contributed by atoms with E-state index < -0.39 is 0 Å². The number of imidazole rings is 1. The van der Waals surface area contributed by atoms with Gasteiger partial charge in [0.25, 0.3) is 0 Å². The number of fused-ring (bicyclic) bond motifs is 1. The Morgan fingerprint density at radius 2 is 2.33 bits per heavy atom. The SMILES string of the molecule is COc1ccc2ncc(N)n2n1. The summed E-state index contributed by atoms with van der Waals surface area (Å²) in [5.74, 6) is 1.02. The molecule has 0 aliphatic heterocycles. The van der Waals surface area contributed by atoms with Crippen LogP contribution in [-0.2, 0) is 0 Å². The van der Waals surface area contributed by atoms with Crippen LogP contribution in [0.2, 0.25) is 0 Å². The fraction of sp³-hybridized carbons (Fsp3) is 0.143. The number of nitrogen functional groups attached to an aromatic ring is 1. The van der Waals surface area contributed by atoms with Gasteiger partial charge in [-0.3, -0.25) is 0 Å². The molecule has 2 rings (SSSR count). The van der Waals surface area contributed by atoms with Gasteiger partial charge in [-0.05, 0) is 6.07 Å². The smallest absolute Gasteiger partial charge is 0.231 e. The Bertz CT molecular complexity index is 409. The second-order valence-corrected chi connectivity index (χ2v) is 2.33. The van der Waals surface area contributed by atoms with Gasteiger partial charge >= 0.3 is 0 Å². The van der Waals surface area contributed by atoms with Crippen molar-refractivity contribution in [3.05, 3.63) is 18.3 Å². The lowest BCUT2D eigenvalue weighted by Crippen LogP contribution is -1.98. The standard InChI is InChI=1S/C7H8N4O/c1-12-7-3-2-6-9-4-5(8)11(6)10-7/h2-4H,8H2,1H3. The molecule has 0 bridgehead atoms. The molecule has 0 amide bonds. The molecule has 0 atom stereocenters. The Morgan fingerprint density at radius 1 is 1.50 bits per heavy atom. The van der Waals surface area contributed by atoms with Crippen LogP contribution < -0.4 is 10.5 Å². The van der Waals surface area contributed by atoms with E-state index in [-0.39, 0.29) is 0 Å². The third kappa shape index (κ3) is 0.868. The highest BCUT2D eigenvalue weighted by molar-refractivity contribution is 5.46. The van der Waals surface area contributed by atoms with E-state index in [4.69, 9.17) is 10.5 Å². The van der Waals surface area contributed by atoms with Crippen molar-refractivity contribution in [1.29, 1.82) is 0 Å². The third-order valence-electron chi connectivity index (χ3n) is 1.57. The minimum absolute atomic E-state index is 0.504. The molecule has 0 saturated heterocycles. The molecule has 0 spiro atoms. The molecular weight excluding hydrogens is 156 g/mol. The Morgan fingerprint density at radius 3 is 3.08 bits per heavy atom. The highest BCUT2D eigenvalue weighted by Crippen LogP contribution is 2.10. The highest BCUT2D eigenvalue weighted by atomic mass is 16.5. The van der Waals surface area contributed by atoms with E-state index in [1.807, 2.05) is 0 Å². The summed E-state index contributed by atoms with van der Waals surface area (Å²) in [5.41, 5.74) is 6.30. The van der Waals surface area contributed by atoms with Gasteiger partial charge < -0.3 is 10.5 Å².